The molecule has 0 spiro atoms. The molecule has 0 unspecified atom stereocenters. The van der Waals surface area contributed by atoms with E-state index < -0.39 is 0 Å². The van der Waals surface area contributed by atoms with Crippen molar-refractivity contribution < 1.29 is 19.9 Å². The number of benzene rings is 3. The summed E-state index contributed by atoms with van der Waals surface area (Å²) in [5.74, 6) is 1.93. The van der Waals surface area contributed by atoms with Gasteiger partial charge >= 0.3 is 0 Å². The maximum absolute atomic E-state index is 8.75. The molecule has 0 bridgehead atoms. The molecule has 0 aromatic heterocycles. The van der Waals surface area contributed by atoms with E-state index in [0.717, 1.165) is 0 Å². The summed E-state index contributed by atoms with van der Waals surface area (Å²) >= 11 is 0. The molecule has 0 atom stereocenters. The van der Waals surface area contributed by atoms with Crippen LogP contribution in [0, 0.1) is 16.9 Å². The third-order valence-corrected chi connectivity index (χ3v) is 3.72. The number of nitrogens with one attached hydrogen (secondary N) is 4. The molecule has 0 saturated carbocycles. The minimum atomic E-state index is -0.105. The van der Waals surface area contributed by atoms with E-state index in [0.29, 0.717) is 34.1 Å². The van der Waals surface area contributed by atoms with Crippen molar-refractivity contribution in [3.8, 4) is 23.0 Å². The SMILES string of the molecule is N=C(NO)c1ccc(Oc2c[c]cc(Oc3ccc(C(=N)NO)cc3)c2)cc1. The first kappa shape index (κ1) is 18.9. The number of hydroxylamine groups is 2. The second-order valence-corrected chi connectivity index (χ2v) is 5.63. The molecule has 0 fully saturated rings. The van der Waals surface area contributed by atoms with Crippen LogP contribution >= 0.6 is 0 Å². The third kappa shape index (κ3) is 4.64. The highest BCUT2D eigenvalue weighted by atomic mass is 16.5. The Bertz CT molecular complexity index is 896. The summed E-state index contributed by atoms with van der Waals surface area (Å²) in [5.41, 5.74) is 4.61. The fraction of sp³-hybridized carbons (Fsp3) is 0. The third-order valence-electron chi connectivity index (χ3n) is 3.72. The van der Waals surface area contributed by atoms with Gasteiger partial charge in [-0.15, -0.1) is 0 Å². The topological polar surface area (TPSA) is 131 Å². The fourth-order valence-electron chi connectivity index (χ4n) is 2.33. The van der Waals surface area contributed by atoms with Crippen molar-refractivity contribution in [3.05, 3.63) is 83.9 Å². The van der Waals surface area contributed by atoms with Crippen molar-refractivity contribution in [1.29, 1.82) is 10.8 Å². The van der Waals surface area contributed by atoms with Crippen molar-refractivity contribution >= 4 is 11.7 Å². The van der Waals surface area contributed by atoms with Gasteiger partial charge in [-0.25, -0.2) is 0 Å². The Hall–Kier alpha value is -3.88. The first-order valence-electron chi connectivity index (χ1n) is 8.14. The van der Waals surface area contributed by atoms with Crippen LogP contribution < -0.4 is 20.4 Å². The van der Waals surface area contributed by atoms with Gasteiger partial charge in [-0.05, 0) is 66.7 Å². The molecule has 0 heterocycles. The Morgan fingerprint density at radius 3 is 1.43 bits per heavy atom. The molecule has 141 valence electrons. The van der Waals surface area contributed by atoms with Crippen LogP contribution in [0.1, 0.15) is 11.1 Å². The maximum atomic E-state index is 8.75. The summed E-state index contributed by atoms with van der Waals surface area (Å²) in [5, 5.41) is 32.5. The smallest absolute Gasteiger partial charge is 0.149 e. The van der Waals surface area contributed by atoms with Crippen molar-refractivity contribution in [2.45, 2.75) is 0 Å². The van der Waals surface area contributed by atoms with Crippen molar-refractivity contribution in [3.63, 3.8) is 0 Å². The van der Waals surface area contributed by atoms with Gasteiger partial charge in [0.05, 0.1) is 0 Å². The zero-order valence-electron chi connectivity index (χ0n) is 14.6. The predicted octanol–water partition coefficient (Wildman–Crippen LogP) is 3.68. The van der Waals surface area contributed by atoms with Gasteiger partial charge in [0.25, 0.3) is 0 Å². The molecule has 0 aliphatic heterocycles. The summed E-state index contributed by atoms with van der Waals surface area (Å²) in [6.45, 7) is 0. The second kappa shape index (κ2) is 8.67. The van der Waals surface area contributed by atoms with Crippen LogP contribution in [0.4, 0.5) is 0 Å². The van der Waals surface area contributed by atoms with E-state index >= 15 is 0 Å². The lowest BCUT2D eigenvalue weighted by molar-refractivity contribution is 0.234. The molecule has 3 aromatic rings. The number of hydrogen-bond donors (Lipinski definition) is 6. The van der Waals surface area contributed by atoms with Gasteiger partial charge in [-0.3, -0.25) is 32.2 Å². The lowest BCUT2D eigenvalue weighted by Crippen LogP contribution is -2.18. The average Bonchev–Trinajstić information content (AvgIpc) is 2.74. The maximum Gasteiger partial charge on any atom is 0.149 e. The molecule has 3 aromatic carbocycles. The monoisotopic (exact) mass is 377 g/mol. The first-order valence-corrected chi connectivity index (χ1v) is 8.14. The van der Waals surface area contributed by atoms with Crippen LogP contribution in [0.5, 0.6) is 23.0 Å². The van der Waals surface area contributed by atoms with Crippen LogP contribution in [-0.2, 0) is 0 Å². The van der Waals surface area contributed by atoms with Gasteiger partial charge in [-0.1, -0.05) is 0 Å². The molecule has 8 heteroatoms. The summed E-state index contributed by atoms with van der Waals surface area (Å²) < 4.78 is 11.5. The highest BCUT2D eigenvalue weighted by molar-refractivity contribution is 5.96. The Labute approximate surface area is 160 Å². The Morgan fingerprint density at radius 2 is 1.07 bits per heavy atom. The largest absolute Gasteiger partial charge is 0.457 e. The fourth-order valence-corrected chi connectivity index (χ4v) is 2.33. The molecule has 3 rings (SSSR count). The predicted molar refractivity (Wildman–Crippen MR) is 102 cm³/mol. The zero-order valence-corrected chi connectivity index (χ0v) is 14.6. The Kier molecular flexibility index (Phi) is 5.85. The summed E-state index contributed by atoms with van der Waals surface area (Å²) in [4.78, 5) is 0. The molecule has 0 amide bonds. The molecular formula is C20H17N4O4. The molecule has 6 N–H and O–H groups in total. The molecule has 0 saturated heterocycles. The van der Waals surface area contributed by atoms with Crippen molar-refractivity contribution in [1.82, 2.24) is 11.0 Å². The van der Waals surface area contributed by atoms with Gasteiger partial charge in [0, 0.05) is 17.2 Å². The quantitative estimate of drug-likeness (QED) is 0.221. The molecule has 8 nitrogen and oxygen atoms in total. The van der Waals surface area contributed by atoms with E-state index in [4.69, 9.17) is 30.7 Å². The highest BCUT2D eigenvalue weighted by Gasteiger charge is 2.05. The van der Waals surface area contributed by atoms with Gasteiger partial charge in [-0.2, -0.15) is 0 Å². The molecule has 0 aliphatic carbocycles. The van der Waals surface area contributed by atoms with Gasteiger partial charge in [0.1, 0.15) is 34.7 Å². The van der Waals surface area contributed by atoms with E-state index in [9.17, 15) is 0 Å². The van der Waals surface area contributed by atoms with Gasteiger partial charge < -0.3 is 9.47 Å². The average molecular weight is 377 g/mol. The normalized spacial score (nSPS) is 10.1. The summed E-state index contributed by atoms with van der Waals surface area (Å²) in [6.07, 6.45) is 0. The number of hydrogen-bond acceptors (Lipinski definition) is 6. The molecule has 0 aliphatic rings. The Morgan fingerprint density at radius 1 is 0.679 bits per heavy atom. The Balaban J connectivity index is 1.68. The van der Waals surface area contributed by atoms with E-state index in [1.807, 2.05) is 0 Å². The van der Waals surface area contributed by atoms with Crippen molar-refractivity contribution in [2.24, 2.45) is 0 Å². The van der Waals surface area contributed by atoms with Crippen LogP contribution in [0.25, 0.3) is 0 Å². The van der Waals surface area contributed by atoms with Crippen LogP contribution in [0.2, 0.25) is 0 Å². The van der Waals surface area contributed by atoms with E-state index in [1.165, 1.54) is 0 Å². The molecule has 1 radical (unpaired) electrons. The minimum Gasteiger partial charge on any atom is -0.457 e. The number of rotatable bonds is 6. The van der Waals surface area contributed by atoms with Crippen LogP contribution in [0.3, 0.4) is 0 Å². The second-order valence-electron chi connectivity index (χ2n) is 5.63. The standard InChI is InChI=1S/C20H17N4O4/c21-19(23-25)13-4-8-15(9-5-13)27-17-2-1-3-18(12-17)28-16-10-6-14(7-11-16)20(22)24-26/h2-12,25-26H,(H2,21,23)(H2,22,24). The summed E-state index contributed by atoms with van der Waals surface area (Å²) in [7, 11) is 0. The zero-order chi connectivity index (χ0) is 19.9. The van der Waals surface area contributed by atoms with E-state index in [2.05, 4.69) is 6.07 Å². The first-order chi connectivity index (χ1) is 13.6. The molecule has 28 heavy (non-hydrogen) atoms. The molecular weight excluding hydrogens is 360 g/mol. The summed E-state index contributed by atoms with van der Waals surface area (Å²) in [6, 6.07) is 21.3. The minimum absolute atomic E-state index is 0.105. The van der Waals surface area contributed by atoms with E-state index in [-0.39, 0.29) is 11.7 Å². The number of amidine groups is 2. The highest BCUT2D eigenvalue weighted by Crippen LogP contribution is 2.28. The van der Waals surface area contributed by atoms with Crippen molar-refractivity contribution in [2.75, 3.05) is 0 Å². The van der Waals surface area contributed by atoms with Crippen LogP contribution in [-0.4, -0.2) is 22.1 Å². The lowest BCUT2D eigenvalue weighted by atomic mass is 10.2. The number of ether oxygens (including phenoxy) is 2. The van der Waals surface area contributed by atoms with Gasteiger partial charge in [0.2, 0.25) is 0 Å². The van der Waals surface area contributed by atoms with Gasteiger partial charge in [0.15, 0.2) is 0 Å². The van der Waals surface area contributed by atoms with E-state index in [1.54, 1.807) is 77.7 Å². The van der Waals surface area contributed by atoms with Crippen LogP contribution in [0.15, 0.2) is 66.7 Å². The lowest BCUT2D eigenvalue weighted by Gasteiger charge is -2.10.